The van der Waals surface area contributed by atoms with E-state index < -0.39 is 0 Å². The average Bonchev–Trinajstić information content (AvgIpc) is 3.21. The quantitative estimate of drug-likeness (QED) is 0.283. The molecule has 2 heterocycles. The molecule has 0 aliphatic carbocycles. The van der Waals surface area contributed by atoms with E-state index in [-0.39, 0.29) is 5.41 Å². The van der Waals surface area contributed by atoms with E-state index in [1.54, 1.807) is 7.11 Å². The summed E-state index contributed by atoms with van der Waals surface area (Å²) in [6.45, 7) is 6.78. The zero-order chi connectivity index (χ0) is 20.3. The predicted octanol–water partition coefficient (Wildman–Crippen LogP) is 7.96. The van der Waals surface area contributed by atoms with Crippen molar-refractivity contribution in [1.29, 1.82) is 0 Å². The normalized spacial score (nSPS) is 12.3. The number of thiophene rings is 1. The second kappa shape index (κ2) is 6.51. The smallest absolute Gasteiger partial charge is 0.122 e. The van der Waals surface area contributed by atoms with Crippen molar-refractivity contribution in [3.63, 3.8) is 0 Å². The van der Waals surface area contributed by atoms with Gasteiger partial charge < -0.3 is 9.30 Å². The Hall–Kier alpha value is -2.49. The molecule has 5 rings (SSSR count). The summed E-state index contributed by atoms with van der Waals surface area (Å²) >= 11 is 8.29. The molecule has 146 valence electrons. The predicted molar refractivity (Wildman–Crippen MR) is 126 cm³/mol. The summed E-state index contributed by atoms with van der Waals surface area (Å²) in [6, 6.07) is 21.4. The second-order valence-corrected chi connectivity index (χ2v) is 9.93. The lowest BCUT2D eigenvalue weighted by molar-refractivity contribution is 0.414. The van der Waals surface area contributed by atoms with Crippen LogP contribution in [0.15, 0.2) is 60.7 Å². The van der Waals surface area contributed by atoms with Crippen molar-refractivity contribution in [2.75, 3.05) is 7.11 Å². The lowest BCUT2D eigenvalue weighted by atomic mass is 9.86. The highest BCUT2D eigenvalue weighted by molar-refractivity contribution is 7.26. The number of fused-ring (bicyclic) bond motifs is 5. The van der Waals surface area contributed by atoms with Crippen LogP contribution in [0.25, 0.3) is 36.9 Å². The fourth-order valence-electron chi connectivity index (χ4n) is 4.00. The van der Waals surface area contributed by atoms with Crippen molar-refractivity contribution in [2.45, 2.75) is 26.2 Å². The van der Waals surface area contributed by atoms with E-state index in [4.69, 9.17) is 16.3 Å². The monoisotopic (exact) mass is 419 g/mol. The van der Waals surface area contributed by atoms with Crippen molar-refractivity contribution in [1.82, 2.24) is 4.57 Å². The van der Waals surface area contributed by atoms with Crippen molar-refractivity contribution >= 4 is 54.1 Å². The summed E-state index contributed by atoms with van der Waals surface area (Å²) in [4.78, 5) is 0. The second-order valence-electron chi connectivity index (χ2n) is 8.44. The molecule has 0 saturated heterocycles. The molecule has 5 aromatic rings. The first kappa shape index (κ1) is 18.5. The molecule has 0 spiro atoms. The van der Waals surface area contributed by atoms with Crippen LogP contribution in [0.1, 0.15) is 26.3 Å². The first-order valence-electron chi connectivity index (χ1n) is 9.68. The Morgan fingerprint density at radius 3 is 2.48 bits per heavy atom. The zero-order valence-electron chi connectivity index (χ0n) is 16.9. The maximum atomic E-state index is 6.43. The Morgan fingerprint density at radius 1 is 0.931 bits per heavy atom. The molecule has 0 radical (unpaired) electrons. The maximum Gasteiger partial charge on any atom is 0.122 e. The first-order valence-corrected chi connectivity index (χ1v) is 10.9. The Labute approximate surface area is 179 Å². The number of nitrogens with zero attached hydrogens (tertiary/aromatic N) is 1. The number of rotatable bonds is 2. The molecule has 2 nitrogen and oxygen atoms in total. The maximum absolute atomic E-state index is 6.43. The number of benzene rings is 3. The Kier molecular flexibility index (Phi) is 4.16. The molecular formula is C25H22ClNOS. The van der Waals surface area contributed by atoms with Gasteiger partial charge in [-0.15, -0.1) is 11.3 Å². The van der Waals surface area contributed by atoms with E-state index >= 15 is 0 Å². The molecule has 3 aromatic carbocycles. The lowest BCUT2D eigenvalue weighted by Gasteiger charge is -2.19. The van der Waals surface area contributed by atoms with Gasteiger partial charge in [-0.2, -0.15) is 0 Å². The van der Waals surface area contributed by atoms with Crippen molar-refractivity contribution < 1.29 is 4.74 Å². The highest BCUT2D eigenvalue weighted by Crippen LogP contribution is 2.43. The fourth-order valence-corrected chi connectivity index (χ4v) is 5.43. The average molecular weight is 420 g/mol. The van der Waals surface area contributed by atoms with Crippen LogP contribution in [-0.2, 0) is 5.41 Å². The third-order valence-corrected chi connectivity index (χ3v) is 6.90. The largest absolute Gasteiger partial charge is 0.497 e. The topological polar surface area (TPSA) is 14.2 Å². The zero-order valence-corrected chi connectivity index (χ0v) is 18.5. The summed E-state index contributed by atoms with van der Waals surface area (Å²) in [5.74, 6) is 0.758. The van der Waals surface area contributed by atoms with E-state index in [1.165, 1.54) is 36.8 Å². The molecule has 2 aromatic heterocycles. The van der Waals surface area contributed by atoms with Crippen LogP contribution in [0.2, 0.25) is 5.02 Å². The van der Waals surface area contributed by atoms with E-state index in [2.05, 4.69) is 73.9 Å². The SMILES string of the molecule is COc1cc(Cl)cc(-n2c3ccc(C(C)(C)C)cc3c3sc4ccccc4c32)c1. The van der Waals surface area contributed by atoms with Gasteiger partial charge in [0.25, 0.3) is 0 Å². The third-order valence-electron chi connectivity index (χ3n) is 5.49. The number of ether oxygens (including phenoxy) is 1. The van der Waals surface area contributed by atoms with E-state index in [0.717, 1.165) is 11.4 Å². The van der Waals surface area contributed by atoms with Gasteiger partial charge in [-0.05, 0) is 41.3 Å². The van der Waals surface area contributed by atoms with Gasteiger partial charge in [0.2, 0.25) is 0 Å². The summed E-state index contributed by atoms with van der Waals surface area (Å²) in [5.41, 5.74) is 4.87. The van der Waals surface area contributed by atoms with Gasteiger partial charge in [0.15, 0.2) is 0 Å². The minimum Gasteiger partial charge on any atom is -0.497 e. The molecule has 0 amide bonds. The van der Waals surface area contributed by atoms with Gasteiger partial charge in [0.05, 0.1) is 28.5 Å². The van der Waals surface area contributed by atoms with Gasteiger partial charge in [0, 0.05) is 26.6 Å². The Bertz CT molecular complexity index is 1390. The van der Waals surface area contributed by atoms with Gasteiger partial charge in [0.1, 0.15) is 5.75 Å². The van der Waals surface area contributed by atoms with Gasteiger partial charge in [-0.3, -0.25) is 0 Å². The highest BCUT2D eigenvalue weighted by atomic mass is 35.5. The number of hydrogen-bond donors (Lipinski definition) is 0. The van der Waals surface area contributed by atoms with Crippen LogP contribution < -0.4 is 4.74 Å². The van der Waals surface area contributed by atoms with Crippen molar-refractivity contribution in [2.24, 2.45) is 0 Å². The van der Waals surface area contributed by atoms with Crippen LogP contribution in [0.3, 0.4) is 0 Å². The standard InChI is InChI=1S/C25H22ClNOS/c1-25(2,3)15-9-10-21-20(11-15)24-23(19-7-5-6-8-22(19)29-24)27(21)17-12-16(26)13-18(14-17)28-4/h5-14H,1-4H3. The summed E-state index contributed by atoms with van der Waals surface area (Å²) in [5, 5.41) is 3.22. The molecule has 0 fully saturated rings. The molecule has 0 N–H and O–H groups in total. The van der Waals surface area contributed by atoms with E-state index in [0.29, 0.717) is 5.02 Å². The molecule has 0 bridgehead atoms. The number of aromatic nitrogens is 1. The van der Waals surface area contributed by atoms with E-state index in [9.17, 15) is 0 Å². The van der Waals surface area contributed by atoms with Crippen LogP contribution in [0, 0.1) is 0 Å². The molecule has 0 unspecified atom stereocenters. The Balaban J connectivity index is 1.96. The highest BCUT2D eigenvalue weighted by Gasteiger charge is 2.21. The van der Waals surface area contributed by atoms with Crippen molar-refractivity contribution in [3.8, 4) is 11.4 Å². The molecule has 0 aliphatic heterocycles. The first-order chi connectivity index (χ1) is 13.9. The number of methoxy groups -OCH3 is 1. The van der Waals surface area contributed by atoms with Gasteiger partial charge >= 0.3 is 0 Å². The molecule has 0 aliphatic rings. The summed E-state index contributed by atoms with van der Waals surface area (Å²) in [6.07, 6.45) is 0. The van der Waals surface area contributed by atoms with Gasteiger partial charge in [-0.1, -0.05) is 56.6 Å². The molecule has 0 saturated carbocycles. The van der Waals surface area contributed by atoms with E-state index in [1.807, 2.05) is 23.5 Å². The van der Waals surface area contributed by atoms with Gasteiger partial charge in [-0.25, -0.2) is 0 Å². The lowest BCUT2D eigenvalue weighted by Crippen LogP contribution is -2.10. The van der Waals surface area contributed by atoms with Crippen molar-refractivity contribution in [3.05, 3.63) is 71.2 Å². The molecule has 29 heavy (non-hydrogen) atoms. The minimum atomic E-state index is 0.0958. The summed E-state index contributed by atoms with van der Waals surface area (Å²) in [7, 11) is 1.67. The fraction of sp³-hybridized carbons (Fsp3) is 0.200. The van der Waals surface area contributed by atoms with Crippen LogP contribution in [-0.4, -0.2) is 11.7 Å². The minimum absolute atomic E-state index is 0.0958. The van der Waals surface area contributed by atoms with Crippen LogP contribution >= 0.6 is 22.9 Å². The van der Waals surface area contributed by atoms with Crippen LogP contribution in [0.5, 0.6) is 5.75 Å². The molecule has 4 heteroatoms. The molecular weight excluding hydrogens is 398 g/mol. The summed E-state index contributed by atoms with van der Waals surface area (Å²) < 4.78 is 10.4. The van der Waals surface area contributed by atoms with Crippen LogP contribution in [0.4, 0.5) is 0 Å². The Morgan fingerprint density at radius 2 is 1.72 bits per heavy atom. The molecule has 0 atom stereocenters. The number of halogens is 1. The third kappa shape index (κ3) is 2.92. The number of hydrogen-bond acceptors (Lipinski definition) is 2.